The highest BCUT2D eigenvalue weighted by atomic mass is 35.5. The van der Waals surface area contributed by atoms with Gasteiger partial charge in [0.1, 0.15) is 11.3 Å². The van der Waals surface area contributed by atoms with E-state index in [1.165, 1.54) is 18.0 Å². The van der Waals surface area contributed by atoms with Gasteiger partial charge in [0.2, 0.25) is 22.2 Å². The molecule has 1 atom stereocenters. The average molecular weight is 504 g/mol. The maximum Gasteiger partial charge on any atom is 0.257 e. The molecule has 0 aliphatic rings. The Kier molecular flexibility index (Phi) is 7.53. The minimum atomic E-state index is -0.660. The first kappa shape index (κ1) is 23.8. The lowest BCUT2D eigenvalue weighted by atomic mass is 10.2. The van der Waals surface area contributed by atoms with Crippen LogP contribution in [0, 0.1) is 0 Å². The van der Waals surface area contributed by atoms with Crippen molar-refractivity contribution in [1.82, 2.24) is 30.8 Å². The van der Waals surface area contributed by atoms with Gasteiger partial charge in [-0.2, -0.15) is 4.98 Å². The fourth-order valence-electron chi connectivity index (χ4n) is 3.12. The van der Waals surface area contributed by atoms with Crippen LogP contribution in [-0.4, -0.2) is 49.6 Å². The predicted molar refractivity (Wildman–Crippen MR) is 129 cm³/mol. The van der Waals surface area contributed by atoms with Crippen LogP contribution in [0.3, 0.4) is 0 Å². The third-order valence-corrected chi connectivity index (χ3v) is 6.04. The van der Waals surface area contributed by atoms with Crippen LogP contribution in [0.1, 0.15) is 21.7 Å². The molecule has 4 aromatic rings. The number of hydrogen-bond donors (Lipinski definition) is 6. The van der Waals surface area contributed by atoms with Gasteiger partial charge in [-0.3, -0.25) is 9.59 Å². The number of amides is 1. The smallest absolute Gasteiger partial charge is 0.257 e. The van der Waals surface area contributed by atoms with E-state index in [2.05, 4.69) is 30.8 Å². The number of hydrogen-bond acceptors (Lipinski definition) is 9. The number of carbonyl (C=O) groups is 1. The number of nitrogen functional groups attached to an aromatic ring is 1. The topological polar surface area (TPSA) is 175 Å². The summed E-state index contributed by atoms with van der Waals surface area (Å²) >= 11 is 7.14. The van der Waals surface area contributed by atoms with E-state index in [0.29, 0.717) is 21.7 Å². The fourth-order valence-corrected chi connectivity index (χ4v) is 3.97. The van der Waals surface area contributed by atoms with Crippen molar-refractivity contribution in [3.05, 3.63) is 68.7 Å². The number of H-pyrrole nitrogens is 2. The second-order valence-electron chi connectivity index (χ2n) is 7.40. The number of thioether (sulfide) groups is 1. The van der Waals surface area contributed by atoms with Gasteiger partial charge in [0.15, 0.2) is 0 Å². The highest BCUT2D eigenvalue weighted by molar-refractivity contribution is 7.99. The number of nitrogens with one attached hydrogen (secondary N) is 4. The summed E-state index contributed by atoms with van der Waals surface area (Å²) in [5.41, 5.74) is 6.15. The lowest BCUT2D eigenvalue weighted by molar-refractivity contribution is 0.0949. The van der Waals surface area contributed by atoms with Crippen LogP contribution >= 0.6 is 23.4 Å². The van der Waals surface area contributed by atoms with E-state index in [-0.39, 0.29) is 42.2 Å². The van der Waals surface area contributed by atoms with E-state index < -0.39 is 17.4 Å². The summed E-state index contributed by atoms with van der Waals surface area (Å²) in [5.74, 6) is 0.588. The standard InChI is InChI=1S/C21H22ClN7O4S/c22-12-3-1-11(2-4-12)6-25-18(32)16-9-26-19-15(17(16)31)5-14(33-19)8-24-7-13(30)10-34-21-27-20(23)28-29-21/h1-5,9,13,24,30H,6-8,10H2,(H,25,32)(H,26,31)(H3,23,27,28,29). The summed E-state index contributed by atoms with van der Waals surface area (Å²) in [5, 5.41) is 23.7. The molecule has 0 saturated carbocycles. The molecule has 0 saturated heterocycles. The molecule has 0 bridgehead atoms. The summed E-state index contributed by atoms with van der Waals surface area (Å²) in [6.07, 6.45) is 0.672. The largest absolute Gasteiger partial charge is 0.443 e. The molecule has 0 aliphatic carbocycles. The van der Waals surface area contributed by atoms with Gasteiger partial charge in [0.25, 0.3) is 5.91 Å². The zero-order valence-electron chi connectivity index (χ0n) is 17.8. The SMILES string of the molecule is Nc1nc(SCC(O)CNCc2cc3c(=O)c(C(=O)NCc4ccc(Cl)cc4)c[nH]c3o2)n[nH]1. The van der Waals surface area contributed by atoms with Crippen LogP contribution in [-0.2, 0) is 13.1 Å². The van der Waals surface area contributed by atoms with Crippen LogP contribution < -0.4 is 21.8 Å². The predicted octanol–water partition coefficient (Wildman–Crippen LogP) is 1.65. The van der Waals surface area contributed by atoms with Gasteiger partial charge in [-0.25, -0.2) is 5.10 Å². The van der Waals surface area contributed by atoms with Crippen molar-refractivity contribution in [3.8, 4) is 0 Å². The molecule has 3 heterocycles. The Labute approximate surface area is 202 Å². The zero-order valence-corrected chi connectivity index (χ0v) is 19.4. The number of aromatic nitrogens is 4. The maximum absolute atomic E-state index is 12.8. The molecule has 13 heteroatoms. The quantitative estimate of drug-likeness (QED) is 0.176. The Morgan fingerprint density at radius 3 is 2.82 bits per heavy atom. The van der Waals surface area contributed by atoms with Crippen LogP contribution in [0.25, 0.3) is 11.1 Å². The Bertz CT molecular complexity index is 1340. The lowest BCUT2D eigenvalue weighted by Crippen LogP contribution is -2.28. The number of fused-ring (bicyclic) bond motifs is 1. The number of nitrogens with two attached hydrogens (primary N) is 1. The Hall–Kier alpha value is -3.32. The lowest BCUT2D eigenvalue weighted by Gasteiger charge is -2.09. The number of anilines is 1. The highest BCUT2D eigenvalue weighted by Gasteiger charge is 2.16. The third kappa shape index (κ3) is 5.97. The molecule has 11 nitrogen and oxygen atoms in total. The molecular formula is C21H22ClN7O4S. The molecule has 0 fully saturated rings. The third-order valence-electron chi connectivity index (χ3n) is 4.80. The number of aliphatic hydroxyl groups excluding tert-OH is 1. The highest BCUT2D eigenvalue weighted by Crippen LogP contribution is 2.16. The monoisotopic (exact) mass is 503 g/mol. The van der Waals surface area contributed by atoms with Crippen LogP contribution in [0.2, 0.25) is 5.02 Å². The maximum atomic E-state index is 12.8. The number of furan rings is 1. The fraction of sp³-hybridized carbons (Fsp3) is 0.238. The minimum absolute atomic E-state index is 0.0122. The summed E-state index contributed by atoms with van der Waals surface area (Å²) in [6, 6.07) is 8.63. The van der Waals surface area contributed by atoms with Crippen molar-refractivity contribution in [1.29, 1.82) is 0 Å². The van der Waals surface area contributed by atoms with E-state index in [4.69, 9.17) is 21.8 Å². The van der Waals surface area contributed by atoms with Crippen LogP contribution in [0.15, 0.2) is 50.9 Å². The van der Waals surface area contributed by atoms with Gasteiger partial charge in [-0.15, -0.1) is 5.10 Å². The zero-order chi connectivity index (χ0) is 24.1. The summed E-state index contributed by atoms with van der Waals surface area (Å²) < 4.78 is 5.65. The van der Waals surface area contributed by atoms with Crippen molar-refractivity contribution in [2.24, 2.45) is 0 Å². The molecule has 0 aliphatic heterocycles. The second-order valence-corrected chi connectivity index (χ2v) is 8.82. The summed E-state index contributed by atoms with van der Waals surface area (Å²) in [6.45, 7) is 0.837. The first-order valence-corrected chi connectivity index (χ1v) is 11.6. The van der Waals surface area contributed by atoms with E-state index in [0.717, 1.165) is 5.56 Å². The first-order chi connectivity index (χ1) is 16.4. The van der Waals surface area contributed by atoms with Crippen molar-refractivity contribution in [2.45, 2.75) is 24.3 Å². The molecule has 7 N–H and O–H groups in total. The van der Waals surface area contributed by atoms with Gasteiger partial charge in [-0.1, -0.05) is 35.5 Å². The normalized spacial score (nSPS) is 12.2. The molecular weight excluding hydrogens is 482 g/mol. The van der Waals surface area contributed by atoms with E-state index in [1.807, 2.05) is 0 Å². The molecule has 1 aromatic carbocycles. The van der Waals surface area contributed by atoms with Crippen molar-refractivity contribution < 1.29 is 14.3 Å². The number of benzene rings is 1. The number of carbonyl (C=O) groups excluding carboxylic acids is 1. The number of aliphatic hydroxyl groups is 1. The Morgan fingerprint density at radius 1 is 1.29 bits per heavy atom. The molecule has 1 amide bonds. The molecule has 3 aromatic heterocycles. The van der Waals surface area contributed by atoms with E-state index in [9.17, 15) is 14.7 Å². The summed E-state index contributed by atoms with van der Waals surface area (Å²) in [4.78, 5) is 32.1. The van der Waals surface area contributed by atoms with Gasteiger partial charge in [-0.05, 0) is 23.8 Å². The average Bonchev–Trinajstić information content (AvgIpc) is 3.43. The molecule has 0 radical (unpaired) electrons. The molecule has 34 heavy (non-hydrogen) atoms. The number of nitrogens with zero attached hydrogens (tertiary/aromatic N) is 2. The Morgan fingerprint density at radius 2 is 2.09 bits per heavy atom. The van der Waals surface area contributed by atoms with Gasteiger partial charge in [0.05, 0.1) is 18.0 Å². The van der Waals surface area contributed by atoms with E-state index in [1.54, 1.807) is 30.3 Å². The molecule has 1 unspecified atom stereocenters. The summed E-state index contributed by atoms with van der Waals surface area (Å²) in [7, 11) is 0. The van der Waals surface area contributed by atoms with Gasteiger partial charge >= 0.3 is 0 Å². The minimum Gasteiger partial charge on any atom is -0.443 e. The van der Waals surface area contributed by atoms with Crippen molar-refractivity contribution >= 4 is 46.3 Å². The van der Waals surface area contributed by atoms with Gasteiger partial charge in [0, 0.05) is 30.1 Å². The first-order valence-electron chi connectivity index (χ1n) is 10.2. The van der Waals surface area contributed by atoms with E-state index >= 15 is 0 Å². The molecule has 0 spiro atoms. The van der Waals surface area contributed by atoms with Gasteiger partial charge < -0.3 is 30.9 Å². The molecule has 178 valence electrons. The number of pyridine rings is 1. The molecule has 4 rings (SSSR count). The number of halogens is 1. The van der Waals surface area contributed by atoms with Crippen molar-refractivity contribution in [3.63, 3.8) is 0 Å². The number of rotatable bonds is 10. The second kappa shape index (κ2) is 10.7. The van der Waals surface area contributed by atoms with Crippen molar-refractivity contribution in [2.75, 3.05) is 18.0 Å². The van der Waals surface area contributed by atoms with Crippen LogP contribution in [0.5, 0.6) is 0 Å². The Balaban J connectivity index is 1.31. The van der Waals surface area contributed by atoms with Crippen LogP contribution in [0.4, 0.5) is 5.95 Å². The number of aromatic amines is 2.